The van der Waals surface area contributed by atoms with Crippen LogP contribution in [0.1, 0.15) is 0 Å². The lowest BCUT2D eigenvalue weighted by Gasteiger charge is -2.13. The van der Waals surface area contributed by atoms with Crippen LogP contribution >= 0.6 is 0 Å². The first kappa shape index (κ1) is 27.7. The van der Waals surface area contributed by atoms with E-state index in [1.54, 1.807) is 0 Å². The van der Waals surface area contributed by atoms with Gasteiger partial charge in [0, 0.05) is 43.7 Å². The molecule has 0 aliphatic rings. The van der Waals surface area contributed by atoms with Crippen molar-refractivity contribution in [3.8, 4) is 11.4 Å². The molecule has 4 aromatic heterocycles. The maximum atomic E-state index is 2.51. The van der Waals surface area contributed by atoms with Crippen LogP contribution in [-0.4, -0.2) is 17.9 Å². The summed E-state index contributed by atoms with van der Waals surface area (Å²) in [7, 11) is 0. The molecule has 0 N–H and O–H groups in total. The number of benzene rings is 8. The van der Waals surface area contributed by atoms with Gasteiger partial charge in [-0.1, -0.05) is 109 Å². The molecular weight excluding hydrogens is 633 g/mol. The van der Waals surface area contributed by atoms with Gasteiger partial charge in [0.1, 0.15) is 0 Å². The largest absolute Gasteiger partial charge is 0.309 e. The van der Waals surface area contributed by atoms with Crippen molar-refractivity contribution in [2.45, 2.75) is 0 Å². The van der Waals surface area contributed by atoms with Crippen LogP contribution in [0.5, 0.6) is 0 Å². The molecule has 52 heavy (non-hydrogen) atoms. The van der Waals surface area contributed by atoms with Crippen molar-refractivity contribution in [1.29, 1.82) is 0 Å². The van der Waals surface area contributed by atoms with Gasteiger partial charge in [0.2, 0.25) is 0 Å². The molecule has 0 bridgehead atoms. The second-order valence-electron chi connectivity index (χ2n) is 13.8. The summed E-state index contributed by atoms with van der Waals surface area (Å²) >= 11 is 0. The molecule has 0 spiro atoms. The summed E-state index contributed by atoms with van der Waals surface area (Å²) in [5, 5.41) is 7.46. The van der Waals surface area contributed by atoms with E-state index in [-0.39, 0.29) is 0 Å². The zero-order valence-electron chi connectivity index (χ0n) is 28.1. The van der Waals surface area contributed by atoms with E-state index in [9.17, 15) is 0 Å². The van der Waals surface area contributed by atoms with Crippen molar-refractivity contribution in [2.24, 2.45) is 0 Å². The summed E-state index contributed by atoms with van der Waals surface area (Å²) in [5.74, 6) is 0. The zero-order chi connectivity index (χ0) is 33.9. The average Bonchev–Trinajstić information content (AvgIpc) is 3.85. The second-order valence-corrected chi connectivity index (χ2v) is 13.8. The highest BCUT2D eigenvalue weighted by molar-refractivity contribution is 6.20. The number of fused-ring (bicyclic) bond motifs is 12. The summed E-state index contributed by atoms with van der Waals surface area (Å²) in [6.07, 6.45) is 0. The van der Waals surface area contributed by atoms with Gasteiger partial charge in [0.25, 0.3) is 0 Å². The first-order valence-corrected chi connectivity index (χ1v) is 17.9. The predicted octanol–water partition coefficient (Wildman–Crippen LogP) is 12.4. The van der Waals surface area contributed by atoms with E-state index in [1.165, 1.54) is 65.4 Å². The number of nitrogens with zero attached hydrogens (tertiary/aromatic N) is 4. The summed E-state index contributed by atoms with van der Waals surface area (Å²) in [5.41, 5.74) is 14.0. The average molecular weight is 663 g/mol. The molecule has 4 nitrogen and oxygen atoms in total. The molecule has 0 aliphatic carbocycles. The molecule has 0 unspecified atom stereocenters. The van der Waals surface area contributed by atoms with Crippen molar-refractivity contribution in [3.05, 3.63) is 182 Å². The van der Waals surface area contributed by atoms with E-state index in [0.717, 1.165) is 33.4 Å². The minimum absolute atomic E-state index is 1.12. The quantitative estimate of drug-likeness (QED) is 0.175. The fraction of sp³-hybridized carbons (Fsp3) is 0. The lowest BCUT2D eigenvalue weighted by molar-refractivity contribution is 1.16. The third-order valence-electron chi connectivity index (χ3n) is 11.1. The molecule has 242 valence electrons. The molecule has 0 saturated carbocycles. The van der Waals surface area contributed by atoms with Crippen molar-refractivity contribution in [3.63, 3.8) is 0 Å². The van der Waals surface area contributed by atoms with E-state index < -0.39 is 0 Å². The van der Waals surface area contributed by atoms with Gasteiger partial charge in [-0.05, 0) is 72.8 Å². The molecule has 4 heteroatoms. The smallest absolute Gasteiger partial charge is 0.0783 e. The molecule has 0 aliphatic heterocycles. The Kier molecular flexibility index (Phi) is 5.47. The van der Waals surface area contributed by atoms with Crippen molar-refractivity contribution < 1.29 is 0 Å². The second kappa shape index (κ2) is 10.3. The summed E-state index contributed by atoms with van der Waals surface area (Å²) in [6, 6.07) is 66.6. The summed E-state index contributed by atoms with van der Waals surface area (Å²) < 4.78 is 9.88. The highest BCUT2D eigenvalue weighted by atomic mass is 15.0. The highest BCUT2D eigenvalue weighted by Gasteiger charge is 2.20. The first-order chi connectivity index (χ1) is 25.8. The van der Waals surface area contributed by atoms with Gasteiger partial charge in [-0.3, -0.25) is 0 Å². The van der Waals surface area contributed by atoms with Crippen LogP contribution in [0.15, 0.2) is 182 Å². The van der Waals surface area contributed by atoms with Crippen LogP contribution < -0.4 is 0 Å². The van der Waals surface area contributed by atoms with Crippen LogP contribution in [0.4, 0.5) is 0 Å². The molecule has 0 atom stereocenters. The van der Waals surface area contributed by atoms with Crippen molar-refractivity contribution in [1.82, 2.24) is 17.9 Å². The maximum absolute atomic E-state index is 2.51. The Hall–Kier alpha value is -7.04. The van der Waals surface area contributed by atoms with Gasteiger partial charge in [0.15, 0.2) is 0 Å². The van der Waals surface area contributed by atoms with E-state index >= 15 is 0 Å². The third-order valence-corrected chi connectivity index (χ3v) is 11.1. The normalized spacial score (nSPS) is 12.2. The van der Waals surface area contributed by atoms with E-state index in [4.69, 9.17) is 0 Å². The SMILES string of the molecule is c1ccc(-n2c3ccccc3n3c4ccc(-n5c6ccccc6c6ccccc65)cc4c4cccc(c43)n3c4ccccc4c4cccc2c43)cc1. The van der Waals surface area contributed by atoms with Gasteiger partial charge in [-0.2, -0.15) is 0 Å². The number of hydrogen-bond donors (Lipinski definition) is 0. The molecule has 0 amide bonds. The molecule has 12 aromatic rings. The Bertz CT molecular complexity index is 3410. The molecular formula is C48H30N4. The van der Waals surface area contributed by atoms with Crippen LogP contribution in [0, 0.1) is 0 Å². The van der Waals surface area contributed by atoms with Gasteiger partial charge >= 0.3 is 0 Å². The predicted molar refractivity (Wildman–Crippen MR) is 218 cm³/mol. The molecule has 8 aromatic carbocycles. The van der Waals surface area contributed by atoms with Crippen LogP contribution in [-0.2, 0) is 0 Å². The Morgan fingerprint density at radius 3 is 1.38 bits per heavy atom. The van der Waals surface area contributed by atoms with E-state index in [0.29, 0.717) is 0 Å². The van der Waals surface area contributed by atoms with Gasteiger partial charge in [0.05, 0.1) is 55.2 Å². The lowest BCUT2D eigenvalue weighted by atomic mass is 10.1. The topological polar surface area (TPSA) is 18.7 Å². The molecule has 0 saturated heterocycles. The third kappa shape index (κ3) is 3.55. The van der Waals surface area contributed by atoms with Gasteiger partial charge < -0.3 is 17.9 Å². The Labute approximate surface area is 297 Å². The standard InChI is InChI=1S/C48H30N4/c1-2-14-31(15-3-1)49-43-24-10-11-25-44(43)51-42-29-28-32(50-39-21-7-4-16-33(39)34-17-5-8-22-40(34)50)30-38(42)37-20-13-27-46(48(37)51)52-41-23-9-6-18-35(41)36-19-12-26-45(49)47(36)52/h1-30H. The number of rotatable bonds is 2. The highest BCUT2D eigenvalue weighted by Crippen LogP contribution is 2.40. The Morgan fingerprint density at radius 1 is 0.231 bits per heavy atom. The number of para-hydroxylation sites is 8. The minimum Gasteiger partial charge on any atom is -0.309 e. The molecule has 0 radical (unpaired) electrons. The van der Waals surface area contributed by atoms with E-state index in [2.05, 4.69) is 200 Å². The van der Waals surface area contributed by atoms with E-state index in [1.807, 2.05) is 0 Å². The summed E-state index contributed by atoms with van der Waals surface area (Å²) in [6.45, 7) is 0. The first-order valence-electron chi connectivity index (χ1n) is 17.9. The molecule has 0 fully saturated rings. The van der Waals surface area contributed by atoms with Crippen LogP contribution in [0.25, 0.3) is 98.9 Å². The van der Waals surface area contributed by atoms with Crippen LogP contribution in [0.3, 0.4) is 0 Å². The zero-order valence-corrected chi connectivity index (χ0v) is 28.1. The fourth-order valence-corrected chi connectivity index (χ4v) is 9.07. The van der Waals surface area contributed by atoms with Gasteiger partial charge in [-0.25, -0.2) is 0 Å². The monoisotopic (exact) mass is 662 g/mol. The molecule has 4 heterocycles. The molecule has 12 rings (SSSR count). The van der Waals surface area contributed by atoms with Crippen LogP contribution in [0.2, 0.25) is 0 Å². The maximum Gasteiger partial charge on any atom is 0.0783 e. The lowest BCUT2D eigenvalue weighted by Crippen LogP contribution is -1.99. The van der Waals surface area contributed by atoms with Crippen molar-refractivity contribution in [2.75, 3.05) is 0 Å². The number of aromatic nitrogens is 4. The minimum atomic E-state index is 1.12. The number of hydrogen-bond acceptors (Lipinski definition) is 0. The Morgan fingerprint density at radius 2 is 0.673 bits per heavy atom. The summed E-state index contributed by atoms with van der Waals surface area (Å²) in [4.78, 5) is 0. The fourth-order valence-electron chi connectivity index (χ4n) is 9.07. The Balaban J connectivity index is 1.36. The van der Waals surface area contributed by atoms with Gasteiger partial charge in [-0.15, -0.1) is 0 Å². The van der Waals surface area contributed by atoms with Crippen molar-refractivity contribution >= 4 is 87.5 Å².